The van der Waals surface area contributed by atoms with Gasteiger partial charge in [-0.05, 0) is 23.8 Å². The predicted molar refractivity (Wildman–Crippen MR) is 86.2 cm³/mol. The van der Waals surface area contributed by atoms with Crippen LogP contribution in [0.1, 0.15) is 12.0 Å². The highest BCUT2D eigenvalue weighted by Gasteiger charge is 2.10. The van der Waals surface area contributed by atoms with E-state index >= 15 is 0 Å². The second-order valence-corrected chi connectivity index (χ2v) is 5.14. The number of aliphatic hydroxyl groups is 1. The Labute approximate surface area is 134 Å². The highest BCUT2D eigenvalue weighted by Crippen LogP contribution is 2.12. The second-order valence-electron chi connectivity index (χ2n) is 5.14. The van der Waals surface area contributed by atoms with Crippen molar-refractivity contribution in [1.82, 2.24) is 9.88 Å². The molecule has 0 fully saturated rings. The summed E-state index contributed by atoms with van der Waals surface area (Å²) in [6, 6.07) is 9.85. The standard InChI is InChI=1S/C17H20FN3O2/c18-15-5-1-2-6-16(15)20-17(23)7-9-21(10-11-22)13-14-4-3-8-19-12-14/h1-6,8,12,22H,7,9-11,13H2,(H,20,23). The van der Waals surface area contributed by atoms with E-state index in [1.807, 2.05) is 17.0 Å². The maximum atomic E-state index is 13.5. The van der Waals surface area contributed by atoms with Crippen LogP contribution in [0, 0.1) is 5.82 Å². The fraction of sp³-hybridized carbons (Fsp3) is 0.294. The van der Waals surface area contributed by atoms with Crippen LogP contribution in [0.5, 0.6) is 0 Å². The summed E-state index contributed by atoms with van der Waals surface area (Å²) in [6.07, 6.45) is 3.67. The first-order valence-electron chi connectivity index (χ1n) is 7.45. The summed E-state index contributed by atoms with van der Waals surface area (Å²) in [7, 11) is 0. The lowest BCUT2D eigenvalue weighted by molar-refractivity contribution is -0.116. The van der Waals surface area contributed by atoms with Crippen molar-refractivity contribution in [3.63, 3.8) is 0 Å². The van der Waals surface area contributed by atoms with Crippen LogP contribution in [-0.4, -0.2) is 40.6 Å². The van der Waals surface area contributed by atoms with Gasteiger partial charge in [0.15, 0.2) is 0 Å². The second kappa shape index (κ2) is 8.97. The van der Waals surface area contributed by atoms with Crippen LogP contribution < -0.4 is 5.32 Å². The molecule has 6 heteroatoms. The largest absolute Gasteiger partial charge is 0.395 e. The Kier molecular flexibility index (Phi) is 6.65. The Hall–Kier alpha value is -2.31. The Morgan fingerprint density at radius 3 is 2.74 bits per heavy atom. The third kappa shape index (κ3) is 5.77. The molecule has 0 spiro atoms. The highest BCUT2D eigenvalue weighted by molar-refractivity contribution is 5.90. The Morgan fingerprint density at radius 1 is 1.22 bits per heavy atom. The molecule has 0 unspecified atom stereocenters. The Morgan fingerprint density at radius 2 is 2.04 bits per heavy atom. The van der Waals surface area contributed by atoms with Gasteiger partial charge >= 0.3 is 0 Å². The minimum Gasteiger partial charge on any atom is -0.395 e. The van der Waals surface area contributed by atoms with E-state index in [-0.39, 0.29) is 24.6 Å². The van der Waals surface area contributed by atoms with Gasteiger partial charge in [-0.3, -0.25) is 14.7 Å². The van der Waals surface area contributed by atoms with Crippen LogP contribution in [0.3, 0.4) is 0 Å². The van der Waals surface area contributed by atoms with Gasteiger partial charge in [-0.15, -0.1) is 0 Å². The average molecular weight is 317 g/mol. The van der Waals surface area contributed by atoms with Gasteiger partial charge in [0.25, 0.3) is 0 Å². The van der Waals surface area contributed by atoms with Gasteiger partial charge in [-0.25, -0.2) is 4.39 Å². The number of halogens is 1. The van der Waals surface area contributed by atoms with Crippen LogP contribution in [0.15, 0.2) is 48.8 Å². The summed E-state index contributed by atoms with van der Waals surface area (Å²) >= 11 is 0. The van der Waals surface area contributed by atoms with Crippen molar-refractivity contribution in [3.8, 4) is 0 Å². The Balaban J connectivity index is 1.85. The SMILES string of the molecule is O=C(CCN(CCO)Cc1cccnc1)Nc1ccccc1F. The molecule has 5 nitrogen and oxygen atoms in total. The van der Waals surface area contributed by atoms with Gasteiger partial charge < -0.3 is 10.4 Å². The van der Waals surface area contributed by atoms with Crippen molar-refractivity contribution in [1.29, 1.82) is 0 Å². The lowest BCUT2D eigenvalue weighted by atomic mass is 10.2. The van der Waals surface area contributed by atoms with Crippen molar-refractivity contribution in [2.75, 3.05) is 25.0 Å². The number of rotatable bonds is 8. The molecule has 0 aliphatic rings. The zero-order valence-electron chi connectivity index (χ0n) is 12.8. The van der Waals surface area contributed by atoms with Gasteiger partial charge in [0.1, 0.15) is 5.82 Å². The number of aliphatic hydroxyl groups excluding tert-OH is 1. The zero-order valence-corrected chi connectivity index (χ0v) is 12.8. The summed E-state index contributed by atoms with van der Waals surface area (Å²) in [6.45, 7) is 1.54. The average Bonchev–Trinajstić information content (AvgIpc) is 2.56. The number of carbonyl (C=O) groups is 1. The fourth-order valence-corrected chi connectivity index (χ4v) is 2.20. The monoisotopic (exact) mass is 317 g/mol. The number of para-hydroxylation sites is 1. The van der Waals surface area contributed by atoms with Gasteiger partial charge in [0, 0.05) is 38.4 Å². The first-order chi connectivity index (χ1) is 11.2. The molecule has 2 rings (SSSR count). The number of amides is 1. The van der Waals surface area contributed by atoms with Gasteiger partial charge in [0.05, 0.1) is 12.3 Å². The molecule has 2 aromatic rings. The molecule has 0 radical (unpaired) electrons. The van der Waals surface area contributed by atoms with Crippen molar-refractivity contribution < 1.29 is 14.3 Å². The van der Waals surface area contributed by atoms with E-state index in [4.69, 9.17) is 5.11 Å². The van der Waals surface area contributed by atoms with Gasteiger partial charge in [-0.2, -0.15) is 0 Å². The molecule has 0 aliphatic heterocycles. The first kappa shape index (κ1) is 17.1. The molecule has 122 valence electrons. The summed E-state index contributed by atoms with van der Waals surface area (Å²) < 4.78 is 13.5. The van der Waals surface area contributed by atoms with E-state index in [0.717, 1.165) is 5.56 Å². The van der Waals surface area contributed by atoms with Crippen molar-refractivity contribution in [2.24, 2.45) is 0 Å². The van der Waals surface area contributed by atoms with E-state index < -0.39 is 5.82 Å². The Bertz CT molecular complexity index is 622. The van der Waals surface area contributed by atoms with E-state index in [1.165, 1.54) is 12.1 Å². The topological polar surface area (TPSA) is 65.5 Å². The molecular weight excluding hydrogens is 297 g/mol. The first-order valence-corrected chi connectivity index (χ1v) is 7.45. The van der Waals surface area contributed by atoms with Crippen LogP contribution in [0.4, 0.5) is 10.1 Å². The summed E-state index contributed by atoms with van der Waals surface area (Å²) in [5.41, 5.74) is 1.19. The molecule has 1 amide bonds. The lowest BCUT2D eigenvalue weighted by Gasteiger charge is -2.21. The summed E-state index contributed by atoms with van der Waals surface area (Å²) in [5, 5.41) is 11.7. The van der Waals surface area contributed by atoms with Crippen molar-refractivity contribution in [3.05, 3.63) is 60.2 Å². The molecule has 0 aliphatic carbocycles. The van der Waals surface area contributed by atoms with Crippen LogP contribution in [-0.2, 0) is 11.3 Å². The molecular formula is C17H20FN3O2. The molecule has 0 atom stereocenters. The highest BCUT2D eigenvalue weighted by atomic mass is 19.1. The molecule has 0 saturated carbocycles. The number of benzene rings is 1. The van der Waals surface area contributed by atoms with E-state index in [0.29, 0.717) is 19.6 Å². The predicted octanol–water partition coefficient (Wildman–Crippen LogP) is 2.04. The van der Waals surface area contributed by atoms with Crippen LogP contribution in [0.25, 0.3) is 0 Å². The van der Waals surface area contributed by atoms with E-state index in [1.54, 1.807) is 24.5 Å². The summed E-state index contributed by atoms with van der Waals surface area (Å²) in [5.74, 6) is -0.715. The van der Waals surface area contributed by atoms with Crippen molar-refractivity contribution in [2.45, 2.75) is 13.0 Å². The molecule has 23 heavy (non-hydrogen) atoms. The number of carbonyl (C=O) groups excluding carboxylic acids is 1. The smallest absolute Gasteiger partial charge is 0.225 e. The number of hydrogen-bond acceptors (Lipinski definition) is 4. The van der Waals surface area contributed by atoms with Crippen molar-refractivity contribution >= 4 is 11.6 Å². The number of aromatic nitrogens is 1. The molecule has 1 aromatic carbocycles. The number of nitrogens with zero attached hydrogens (tertiary/aromatic N) is 2. The molecule has 0 saturated heterocycles. The van der Waals surface area contributed by atoms with Gasteiger partial charge in [0.2, 0.25) is 5.91 Å². The molecule has 0 bridgehead atoms. The zero-order chi connectivity index (χ0) is 16.5. The molecule has 1 heterocycles. The minimum atomic E-state index is -0.455. The quantitative estimate of drug-likeness (QED) is 0.782. The lowest BCUT2D eigenvalue weighted by Crippen LogP contribution is -2.30. The van der Waals surface area contributed by atoms with E-state index in [2.05, 4.69) is 10.3 Å². The van der Waals surface area contributed by atoms with Crippen LogP contribution >= 0.6 is 0 Å². The number of pyridine rings is 1. The maximum absolute atomic E-state index is 13.5. The normalized spacial score (nSPS) is 10.7. The minimum absolute atomic E-state index is 0.00912. The van der Waals surface area contributed by atoms with Gasteiger partial charge in [-0.1, -0.05) is 18.2 Å². The fourth-order valence-electron chi connectivity index (χ4n) is 2.20. The number of anilines is 1. The molecule has 2 N–H and O–H groups in total. The third-order valence-electron chi connectivity index (χ3n) is 3.35. The van der Waals surface area contributed by atoms with Crippen LogP contribution in [0.2, 0.25) is 0 Å². The summed E-state index contributed by atoms with van der Waals surface area (Å²) in [4.78, 5) is 18.0. The number of hydrogen-bond donors (Lipinski definition) is 2. The molecule has 1 aromatic heterocycles. The van der Waals surface area contributed by atoms with E-state index in [9.17, 15) is 9.18 Å². The maximum Gasteiger partial charge on any atom is 0.225 e. The third-order valence-corrected chi connectivity index (χ3v) is 3.35. The number of nitrogens with one attached hydrogen (secondary N) is 1.